The summed E-state index contributed by atoms with van der Waals surface area (Å²) in [4.78, 5) is 11.5. The van der Waals surface area contributed by atoms with Crippen molar-refractivity contribution < 1.29 is 22.7 Å². The second-order valence-electron chi connectivity index (χ2n) is 5.30. The maximum absolute atomic E-state index is 12.6. The molecule has 0 unspecified atom stereocenters. The van der Waals surface area contributed by atoms with Gasteiger partial charge in [-0.15, -0.1) is 0 Å². The number of ether oxygens (including phenoxy) is 1. The standard InChI is InChI=1S/C19H18F3NO2/c20-19(21,22)17-11-6-10-15(13-17)7-4-5-12-23-18(24)25-14-16-8-2-1-3-9-16/h1-4,6-11,13H,5,12,14H2,(H,23,24). The molecule has 2 rings (SSSR count). The Labute approximate surface area is 144 Å². The van der Waals surface area contributed by atoms with Gasteiger partial charge in [0.1, 0.15) is 6.61 Å². The number of rotatable bonds is 6. The Morgan fingerprint density at radius 3 is 2.56 bits per heavy atom. The highest BCUT2D eigenvalue weighted by molar-refractivity contribution is 5.67. The summed E-state index contributed by atoms with van der Waals surface area (Å²) in [5.41, 5.74) is 0.667. The molecule has 0 saturated heterocycles. The van der Waals surface area contributed by atoms with Crippen LogP contribution in [0.2, 0.25) is 0 Å². The van der Waals surface area contributed by atoms with Crippen LogP contribution in [0, 0.1) is 0 Å². The number of hydrogen-bond donors (Lipinski definition) is 1. The first-order valence-electron chi connectivity index (χ1n) is 7.73. The molecule has 0 radical (unpaired) electrons. The molecule has 1 amide bonds. The third-order valence-electron chi connectivity index (χ3n) is 3.32. The minimum Gasteiger partial charge on any atom is -0.445 e. The van der Waals surface area contributed by atoms with E-state index in [0.29, 0.717) is 18.5 Å². The van der Waals surface area contributed by atoms with Crippen molar-refractivity contribution in [3.63, 3.8) is 0 Å². The molecule has 2 aromatic rings. The number of carbonyl (C=O) groups excluding carboxylic acids is 1. The van der Waals surface area contributed by atoms with Gasteiger partial charge < -0.3 is 10.1 Å². The number of alkyl halides is 3. The Balaban J connectivity index is 1.70. The van der Waals surface area contributed by atoms with Gasteiger partial charge in [0, 0.05) is 6.54 Å². The molecule has 0 aromatic heterocycles. The molecule has 1 N–H and O–H groups in total. The van der Waals surface area contributed by atoms with E-state index >= 15 is 0 Å². The van der Waals surface area contributed by atoms with Crippen molar-refractivity contribution in [1.29, 1.82) is 0 Å². The van der Waals surface area contributed by atoms with Crippen LogP contribution in [0.1, 0.15) is 23.1 Å². The highest BCUT2D eigenvalue weighted by Crippen LogP contribution is 2.29. The molecule has 0 spiro atoms. The Morgan fingerprint density at radius 2 is 1.84 bits per heavy atom. The van der Waals surface area contributed by atoms with Gasteiger partial charge in [0.15, 0.2) is 0 Å². The van der Waals surface area contributed by atoms with Crippen molar-refractivity contribution in [2.24, 2.45) is 0 Å². The van der Waals surface area contributed by atoms with E-state index in [1.165, 1.54) is 6.07 Å². The molecule has 2 aromatic carbocycles. The summed E-state index contributed by atoms with van der Waals surface area (Å²) in [5, 5.41) is 2.58. The molecule has 6 heteroatoms. The van der Waals surface area contributed by atoms with Crippen LogP contribution in [0.3, 0.4) is 0 Å². The van der Waals surface area contributed by atoms with Crippen molar-refractivity contribution in [2.75, 3.05) is 6.54 Å². The zero-order chi connectivity index (χ0) is 18.1. The van der Waals surface area contributed by atoms with Gasteiger partial charge in [-0.1, -0.05) is 54.6 Å². The molecule has 3 nitrogen and oxygen atoms in total. The lowest BCUT2D eigenvalue weighted by molar-refractivity contribution is -0.137. The van der Waals surface area contributed by atoms with Gasteiger partial charge in [-0.2, -0.15) is 13.2 Å². The lowest BCUT2D eigenvalue weighted by Crippen LogP contribution is -2.24. The number of halogens is 3. The highest BCUT2D eigenvalue weighted by Gasteiger charge is 2.30. The number of nitrogens with one attached hydrogen (secondary N) is 1. The third kappa shape index (κ3) is 6.71. The fourth-order valence-corrected chi connectivity index (χ4v) is 2.07. The van der Waals surface area contributed by atoms with E-state index in [0.717, 1.165) is 17.7 Å². The van der Waals surface area contributed by atoms with Crippen molar-refractivity contribution >= 4 is 12.2 Å². The topological polar surface area (TPSA) is 38.3 Å². The van der Waals surface area contributed by atoms with Gasteiger partial charge >= 0.3 is 12.3 Å². The van der Waals surface area contributed by atoms with Gasteiger partial charge in [0.25, 0.3) is 0 Å². The fourth-order valence-electron chi connectivity index (χ4n) is 2.07. The largest absolute Gasteiger partial charge is 0.445 e. The first kappa shape index (κ1) is 18.6. The number of carbonyl (C=O) groups is 1. The normalized spacial score (nSPS) is 11.5. The average molecular weight is 349 g/mol. The van der Waals surface area contributed by atoms with E-state index < -0.39 is 17.8 Å². The number of alkyl carbamates (subject to hydrolysis) is 1. The second-order valence-corrected chi connectivity index (χ2v) is 5.30. The van der Waals surface area contributed by atoms with E-state index in [9.17, 15) is 18.0 Å². The predicted octanol–water partition coefficient (Wildman–Crippen LogP) is 5.04. The van der Waals surface area contributed by atoms with E-state index in [2.05, 4.69) is 5.32 Å². The number of amides is 1. The molecular weight excluding hydrogens is 331 g/mol. The lowest BCUT2D eigenvalue weighted by Gasteiger charge is -2.07. The molecule has 25 heavy (non-hydrogen) atoms. The smallest absolute Gasteiger partial charge is 0.416 e. The highest BCUT2D eigenvalue weighted by atomic mass is 19.4. The summed E-state index contributed by atoms with van der Waals surface area (Å²) in [6.07, 6.45) is -1.11. The van der Waals surface area contributed by atoms with Crippen molar-refractivity contribution in [1.82, 2.24) is 5.32 Å². The number of benzene rings is 2. The minimum absolute atomic E-state index is 0.187. The zero-order valence-electron chi connectivity index (χ0n) is 13.4. The summed E-state index contributed by atoms with van der Waals surface area (Å²) >= 11 is 0. The zero-order valence-corrected chi connectivity index (χ0v) is 13.4. The summed E-state index contributed by atoms with van der Waals surface area (Å²) in [5.74, 6) is 0. The fraction of sp³-hybridized carbons (Fsp3) is 0.211. The van der Waals surface area contributed by atoms with Crippen LogP contribution in [-0.2, 0) is 17.5 Å². The van der Waals surface area contributed by atoms with Crippen LogP contribution in [0.5, 0.6) is 0 Å². The van der Waals surface area contributed by atoms with Gasteiger partial charge in [-0.05, 0) is 29.7 Å². The minimum atomic E-state index is -4.35. The Hall–Kier alpha value is -2.76. The predicted molar refractivity (Wildman–Crippen MR) is 89.7 cm³/mol. The number of hydrogen-bond acceptors (Lipinski definition) is 2. The Kier molecular flexibility index (Phi) is 6.62. The molecule has 0 heterocycles. The SMILES string of the molecule is O=C(NCCC=Cc1cccc(C(F)(F)F)c1)OCc1ccccc1. The van der Waals surface area contributed by atoms with Crippen LogP contribution in [-0.4, -0.2) is 12.6 Å². The van der Waals surface area contributed by atoms with E-state index in [1.54, 1.807) is 18.2 Å². The third-order valence-corrected chi connectivity index (χ3v) is 3.32. The molecule has 0 aliphatic heterocycles. The van der Waals surface area contributed by atoms with Crippen LogP contribution in [0.15, 0.2) is 60.7 Å². The van der Waals surface area contributed by atoms with Gasteiger partial charge in [0.05, 0.1) is 5.56 Å². The van der Waals surface area contributed by atoms with Gasteiger partial charge in [-0.3, -0.25) is 0 Å². The van der Waals surface area contributed by atoms with Crippen molar-refractivity contribution in [3.05, 3.63) is 77.4 Å². The van der Waals surface area contributed by atoms with Crippen LogP contribution in [0.25, 0.3) is 6.08 Å². The van der Waals surface area contributed by atoms with Crippen LogP contribution >= 0.6 is 0 Å². The Bertz CT molecular complexity index is 712. The van der Waals surface area contributed by atoms with E-state index in [4.69, 9.17) is 4.74 Å². The van der Waals surface area contributed by atoms with Crippen LogP contribution < -0.4 is 5.32 Å². The van der Waals surface area contributed by atoms with Crippen molar-refractivity contribution in [3.8, 4) is 0 Å². The maximum Gasteiger partial charge on any atom is 0.416 e. The first-order valence-corrected chi connectivity index (χ1v) is 7.73. The summed E-state index contributed by atoms with van der Waals surface area (Å²) in [6.45, 7) is 0.524. The van der Waals surface area contributed by atoms with Crippen molar-refractivity contribution in [2.45, 2.75) is 19.2 Å². The second kappa shape index (κ2) is 8.92. The van der Waals surface area contributed by atoms with Crippen LogP contribution in [0.4, 0.5) is 18.0 Å². The summed E-state index contributed by atoms with van der Waals surface area (Å²) < 4.78 is 42.9. The molecule has 0 aliphatic carbocycles. The monoisotopic (exact) mass is 349 g/mol. The molecule has 0 atom stereocenters. The molecule has 0 bridgehead atoms. The summed E-state index contributed by atoms with van der Waals surface area (Å²) in [6, 6.07) is 14.4. The molecule has 0 fully saturated rings. The van der Waals surface area contributed by atoms with Gasteiger partial charge in [-0.25, -0.2) is 4.79 Å². The van der Waals surface area contributed by atoms with E-state index in [1.807, 2.05) is 30.3 Å². The Morgan fingerprint density at radius 1 is 1.08 bits per heavy atom. The lowest BCUT2D eigenvalue weighted by atomic mass is 10.1. The van der Waals surface area contributed by atoms with E-state index in [-0.39, 0.29) is 6.61 Å². The van der Waals surface area contributed by atoms with Gasteiger partial charge in [0.2, 0.25) is 0 Å². The average Bonchev–Trinajstić information content (AvgIpc) is 2.60. The first-order chi connectivity index (χ1) is 11.9. The maximum atomic E-state index is 12.6. The summed E-state index contributed by atoms with van der Waals surface area (Å²) in [7, 11) is 0. The quantitative estimate of drug-likeness (QED) is 0.743. The molecular formula is C19H18F3NO2. The molecule has 0 aliphatic rings. The molecule has 132 valence electrons. The molecule has 0 saturated carbocycles.